The molecule has 9 heterocycles. The molecule has 9 aromatic rings. The minimum absolute atomic E-state index is 0.0685. The summed E-state index contributed by atoms with van der Waals surface area (Å²) in [5.74, 6) is -3.41. The summed E-state index contributed by atoms with van der Waals surface area (Å²) in [7, 11) is 0. The fourth-order valence-electron chi connectivity index (χ4n) is 16.9. The van der Waals surface area contributed by atoms with E-state index in [0.29, 0.717) is 69.1 Å². The third-order valence-corrected chi connectivity index (χ3v) is 22.9. The number of alkyl halides is 18. The number of amides is 3. The van der Waals surface area contributed by atoms with E-state index in [9.17, 15) is 98.2 Å². The fraction of sp³-hybridized carbons (Fsp3) is 0.434. The SMILES string of the molecule is Cc1ccccc1[C@@H]1[C@@H](O[C@H](C)c2cc(C(F)(F)F)cc(C(F)(F)F)c2)OC[C@@H]2CN(C(=O)c3ccon3)C[C@H]21.Cc1ccccc1[C@@H]1[C@@H](O[C@H](C)c2cc(C(F)(F)F)cc(C(F)(F)F)c2)OC[C@@H]2CN(C(=O)c3cocn3)C[C@H]21.Cc1ccccc1[C@@H]1[C@@H](O[C@H](C)c2cc(C(F)(F)F)cc(C(F)(F)F)c2)OC[C@@H]2CN(C(=O)c3n[nH]c(=O)[nH]3)C[C@H]21. The quantitative estimate of drug-likeness (QED) is 0.0909. The third-order valence-electron chi connectivity index (χ3n) is 22.9. The lowest BCUT2D eigenvalue weighted by molar-refractivity contribution is -0.217. The molecule has 3 aromatic heterocycles. The van der Waals surface area contributed by atoms with E-state index in [1.54, 1.807) is 15.9 Å². The second kappa shape index (κ2) is 34.8. The predicted molar refractivity (Wildman–Crippen MR) is 390 cm³/mol. The van der Waals surface area contributed by atoms with Gasteiger partial charge in [-0.3, -0.25) is 19.4 Å². The maximum Gasteiger partial charge on any atom is 0.416 e. The molecule has 0 aliphatic carbocycles. The van der Waals surface area contributed by atoms with Crippen LogP contribution in [0.15, 0.2) is 166 Å². The summed E-state index contributed by atoms with van der Waals surface area (Å²) in [4.78, 5) is 61.5. The van der Waals surface area contributed by atoms with Crippen molar-refractivity contribution in [2.75, 3.05) is 59.1 Å². The van der Waals surface area contributed by atoms with Crippen LogP contribution in [0, 0.1) is 56.3 Å². The van der Waals surface area contributed by atoms with E-state index in [4.69, 9.17) is 37.4 Å². The molecule has 15 atom stereocenters. The van der Waals surface area contributed by atoms with Crippen LogP contribution in [0.3, 0.4) is 0 Å². The monoisotopic (exact) mass is 1720 g/mol. The molecule has 15 rings (SSSR count). The van der Waals surface area contributed by atoms with Gasteiger partial charge in [-0.15, -0.1) is 5.10 Å². The first-order chi connectivity index (χ1) is 56.9. The Kier molecular flexibility index (Phi) is 25.4. The van der Waals surface area contributed by atoms with E-state index in [-0.39, 0.29) is 126 Å². The molecule has 3 amide bonds. The van der Waals surface area contributed by atoms with Gasteiger partial charge in [0.25, 0.3) is 17.7 Å². The van der Waals surface area contributed by atoms with Crippen molar-refractivity contribution < 1.29 is 131 Å². The number of benzene rings is 6. The van der Waals surface area contributed by atoms with Crippen molar-refractivity contribution in [2.24, 2.45) is 35.5 Å². The highest BCUT2D eigenvalue weighted by Crippen LogP contribution is 2.52. The Bertz CT molecular complexity index is 4900. The highest BCUT2D eigenvalue weighted by molar-refractivity contribution is 5.93. The third kappa shape index (κ3) is 19.9. The molecular formula is C83H78F18N8O12. The lowest BCUT2D eigenvalue weighted by atomic mass is 9.76. The second-order valence-electron chi connectivity index (χ2n) is 30.8. The second-order valence-corrected chi connectivity index (χ2v) is 30.8. The van der Waals surface area contributed by atoms with Crippen molar-refractivity contribution in [3.63, 3.8) is 0 Å². The van der Waals surface area contributed by atoms with Crippen molar-refractivity contribution in [2.45, 2.75) is 134 Å². The number of likely N-dealkylation sites (tertiary alicyclic amines) is 3. The number of hydrogen-bond acceptors (Lipinski definition) is 15. The molecule has 6 saturated heterocycles. The molecule has 6 fully saturated rings. The van der Waals surface area contributed by atoms with Gasteiger partial charge in [-0.05, 0) is 164 Å². The Hall–Kier alpha value is -10.4. The van der Waals surface area contributed by atoms with Gasteiger partial charge in [-0.1, -0.05) is 78.0 Å². The van der Waals surface area contributed by atoms with E-state index in [0.717, 1.165) is 33.4 Å². The number of H-pyrrole nitrogens is 2. The summed E-state index contributed by atoms with van der Waals surface area (Å²) in [5.41, 5.74) is -4.39. The first-order valence-electron chi connectivity index (χ1n) is 38.0. The van der Waals surface area contributed by atoms with E-state index in [1.807, 2.05) is 87.5 Å². The number of aromatic amines is 2. The fourth-order valence-corrected chi connectivity index (χ4v) is 16.9. The smallest absolute Gasteiger partial charge is 0.416 e. The van der Waals surface area contributed by atoms with Crippen LogP contribution in [0.1, 0.15) is 172 Å². The molecule has 20 nitrogen and oxygen atoms in total. The Morgan fingerprint density at radius 2 is 0.744 bits per heavy atom. The number of rotatable bonds is 15. The largest absolute Gasteiger partial charge is 0.451 e. The molecule has 0 spiro atoms. The van der Waals surface area contributed by atoms with Gasteiger partial charge < -0.3 is 52.1 Å². The minimum atomic E-state index is -4.99. The summed E-state index contributed by atoms with van der Waals surface area (Å²) < 4.78 is 289. The lowest BCUT2D eigenvalue weighted by Crippen LogP contribution is -2.42. The van der Waals surface area contributed by atoms with Crippen LogP contribution in [0.5, 0.6) is 0 Å². The number of aryl methyl sites for hydroxylation is 3. The topological polar surface area (TPSA) is 230 Å². The van der Waals surface area contributed by atoms with Crippen molar-refractivity contribution >= 4 is 17.7 Å². The molecule has 6 aliphatic rings. The van der Waals surface area contributed by atoms with Crippen molar-refractivity contribution in [1.82, 2.24) is 40.0 Å². The molecule has 121 heavy (non-hydrogen) atoms. The maximum absolute atomic E-state index is 13.5. The van der Waals surface area contributed by atoms with Crippen molar-refractivity contribution in [3.05, 3.63) is 264 Å². The van der Waals surface area contributed by atoms with Gasteiger partial charge in [0.2, 0.25) is 5.82 Å². The summed E-state index contributed by atoms with van der Waals surface area (Å²) >= 11 is 0. The number of aromatic nitrogens is 5. The number of oxazole rings is 1. The summed E-state index contributed by atoms with van der Waals surface area (Å²) in [6.45, 7) is 12.4. The molecule has 648 valence electrons. The zero-order chi connectivity index (χ0) is 87.3. The molecule has 2 N–H and O–H groups in total. The van der Waals surface area contributed by atoms with Crippen molar-refractivity contribution in [3.8, 4) is 0 Å². The van der Waals surface area contributed by atoms with Crippen LogP contribution in [0.2, 0.25) is 0 Å². The van der Waals surface area contributed by atoms with E-state index in [1.165, 1.54) is 50.7 Å². The number of nitrogens with one attached hydrogen (secondary N) is 2. The van der Waals surface area contributed by atoms with Gasteiger partial charge >= 0.3 is 42.7 Å². The lowest BCUT2D eigenvalue weighted by Gasteiger charge is -2.41. The van der Waals surface area contributed by atoms with Gasteiger partial charge in [-0.2, -0.15) is 79.0 Å². The number of nitrogens with zero attached hydrogens (tertiary/aromatic N) is 6. The molecule has 6 aromatic carbocycles. The average molecular weight is 1720 g/mol. The summed E-state index contributed by atoms with van der Waals surface area (Å²) in [6.07, 6.45) is -32.7. The van der Waals surface area contributed by atoms with Crippen LogP contribution in [-0.4, -0.2) is 136 Å². The Labute approximate surface area is 677 Å². The van der Waals surface area contributed by atoms with Crippen LogP contribution in [-0.2, 0) is 65.5 Å². The standard InChI is InChI=1S/2C28H26F6N2O4.C27H26F6N4O4/c1-15-5-3-4-6-21(15)24-22-11-36(25(37)23-13-38-14-35-23)10-18(22)12-39-26(24)40-16(2)17-7-19(27(29,30)31)9-20(8-17)28(32,33)34;1-15-5-3-4-6-21(15)24-22-13-36(25(37)23-7-8-39-35-23)12-18(22)14-38-26(24)40-16(2)17-9-19(27(29,30)31)11-20(10-17)28(32,33)34;1-13-5-3-4-6-19(13)21-20-11-37(23(38)22-34-25(39)36-35-22)10-16(20)12-40-24(21)41-14(2)15-7-17(26(28,29)30)9-18(8-15)27(31,32)33/h3-9,13-14,16,18,22,24,26H,10-12H2,1-2H3;3-11,16,18,22,24,26H,12-14H2,1-2H3;3-9,14,16,20-21,24H,10-12H2,1-2H3,(H2,34,35,36,39)/t2*16-,18+,22-,24+,26-;14-,16+,20-,21+,24-/m111/s1. The number of carbonyl (C=O) groups is 3. The van der Waals surface area contributed by atoms with Gasteiger partial charge in [-0.25, -0.2) is 14.9 Å². The van der Waals surface area contributed by atoms with Crippen LogP contribution in [0.4, 0.5) is 79.0 Å². The highest BCUT2D eigenvalue weighted by Gasteiger charge is 2.54. The Morgan fingerprint density at radius 3 is 1.02 bits per heavy atom. The number of halogens is 18. The van der Waals surface area contributed by atoms with E-state index < -0.39 is 137 Å². The van der Waals surface area contributed by atoms with Gasteiger partial charge in [0.1, 0.15) is 12.5 Å². The molecule has 38 heteroatoms. The maximum atomic E-state index is 13.5. The Balaban J connectivity index is 0.000000157. The average Bonchev–Trinajstić information content (AvgIpc) is 1.63. The molecule has 0 saturated carbocycles. The minimum Gasteiger partial charge on any atom is -0.451 e. The molecule has 0 bridgehead atoms. The highest BCUT2D eigenvalue weighted by atomic mass is 19.4. The number of ether oxygens (including phenoxy) is 6. The summed E-state index contributed by atoms with van der Waals surface area (Å²) in [5, 5.41) is 9.58. The normalized spacial score (nSPS) is 24.0. The van der Waals surface area contributed by atoms with Gasteiger partial charge in [0, 0.05) is 80.8 Å². The van der Waals surface area contributed by atoms with E-state index >= 15 is 0 Å². The molecule has 6 aliphatic heterocycles. The molecular weight excluding hydrogens is 1640 g/mol. The first kappa shape index (κ1) is 88.4. The van der Waals surface area contributed by atoms with E-state index in [2.05, 4.69) is 25.3 Å². The molecule has 0 unspecified atom stereocenters. The first-order valence-corrected chi connectivity index (χ1v) is 38.0. The summed E-state index contributed by atoms with van der Waals surface area (Å²) in [6, 6.07) is 28.0. The number of hydrogen-bond donors (Lipinski definition) is 2. The zero-order valence-corrected chi connectivity index (χ0v) is 64.8. The Morgan fingerprint density at radius 1 is 0.430 bits per heavy atom. The van der Waals surface area contributed by atoms with Gasteiger partial charge in [0.15, 0.2) is 36.7 Å². The van der Waals surface area contributed by atoms with Crippen LogP contribution < -0.4 is 5.69 Å². The predicted octanol–water partition coefficient (Wildman–Crippen LogP) is 18.3. The van der Waals surface area contributed by atoms with Crippen molar-refractivity contribution in [1.29, 1.82) is 0 Å². The number of carbonyl (C=O) groups excluding carboxylic acids is 3. The molecule has 0 radical (unpaired) electrons. The number of fused-ring (bicyclic) bond motifs is 3. The van der Waals surface area contributed by atoms with Gasteiger partial charge in [0.05, 0.1) is 71.5 Å². The van der Waals surface area contributed by atoms with Crippen LogP contribution in [0.25, 0.3) is 0 Å². The van der Waals surface area contributed by atoms with Crippen LogP contribution >= 0.6 is 0 Å². The zero-order valence-electron chi connectivity index (χ0n) is 64.8.